The van der Waals surface area contributed by atoms with Crippen molar-refractivity contribution in [1.82, 2.24) is 0 Å². The van der Waals surface area contributed by atoms with Gasteiger partial charge in [0.1, 0.15) is 0 Å². The molecule has 57 heavy (non-hydrogen) atoms. The zero-order valence-electron chi connectivity index (χ0n) is 33.7. The van der Waals surface area contributed by atoms with Crippen molar-refractivity contribution in [1.29, 1.82) is 0 Å². The number of benzene rings is 8. The summed E-state index contributed by atoms with van der Waals surface area (Å²) < 4.78 is 0. The lowest BCUT2D eigenvalue weighted by Crippen LogP contribution is -2.36. The molecule has 0 N–H and O–H groups in total. The van der Waals surface area contributed by atoms with Crippen LogP contribution >= 0.6 is 0 Å². The lowest BCUT2D eigenvalue weighted by molar-refractivity contribution is 0.462. The average Bonchev–Trinajstić information content (AvgIpc) is 3.75. The van der Waals surface area contributed by atoms with E-state index in [9.17, 15) is 0 Å². The Morgan fingerprint density at radius 1 is 0.404 bits per heavy atom. The topological polar surface area (TPSA) is 6.48 Å². The van der Waals surface area contributed by atoms with E-state index in [4.69, 9.17) is 0 Å². The Balaban J connectivity index is 1.25. The highest BCUT2D eigenvalue weighted by Gasteiger charge is 2.50. The van der Waals surface area contributed by atoms with Gasteiger partial charge >= 0.3 is 0 Å². The highest BCUT2D eigenvalue weighted by molar-refractivity contribution is 6.20. The van der Waals surface area contributed by atoms with Crippen LogP contribution < -0.4 is 9.80 Å². The number of nitrogens with zero attached hydrogens (tertiary/aromatic N) is 2. The predicted molar refractivity (Wildman–Crippen MR) is 241 cm³/mol. The Bertz CT molecular complexity index is 2860. The predicted octanol–water partition coefficient (Wildman–Crippen LogP) is 14.0. The molecule has 3 aliphatic rings. The molecule has 2 nitrogen and oxygen atoms in total. The van der Waals surface area contributed by atoms with Gasteiger partial charge in [-0.05, 0) is 116 Å². The molecular formula is C55H48N2. The summed E-state index contributed by atoms with van der Waals surface area (Å²) in [5.41, 5.74) is 15.3. The molecule has 0 radical (unpaired) electrons. The van der Waals surface area contributed by atoms with Gasteiger partial charge in [0.15, 0.2) is 0 Å². The highest BCUT2D eigenvalue weighted by Crippen LogP contribution is 2.62. The number of hydrogen-bond acceptors (Lipinski definition) is 2. The summed E-state index contributed by atoms with van der Waals surface area (Å²) in [5, 5.41) is 5.20. The van der Waals surface area contributed by atoms with Crippen molar-refractivity contribution < 1.29 is 0 Å². The number of para-hydroxylation sites is 2. The fourth-order valence-electron chi connectivity index (χ4n) is 11.2. The molecule has 0 aromatic heterocycles. The molecule has 2 aliphatic heterocycles. The van der Waals surface area contributed by atoms with Crippen molar-refractivity contribution in [3.63, 3.8) is 0 Å². The fourth-order valence-corrected chi connectivity index (χ4v) is 11.2. The molecule has 0 saturated heterocycles. The molecule has 0 bridgehead atoms. The Morgan fingerprint density at radius 3 is 1.46 bits per heavy atom. The Labute approximate surface area is 337 Å². The first-order valence-electron chi connectivity index (χ1n) is 20.7. The molecule has 0 spiro atoms. The van der Waals surface area contributed by atoms with Crippen LogP contribution in [0.4, 0.5) is 22.7 Å². The summed E-state index contributed by atoms with van der Waals surface area (Å²) in [5.74, 6) is 0. The standard InChI is InChI=1S/C55H48N2/c1-35-53(3,4)46-25-15-17-27-49(46)56(35)39-29-31-43-45(33-39)41-23-13-14-24-42(41)51-44-32-30-40(57-36(2)54(5,6)47-26-16-18-28-50(47)57)34-48(44)55(52(43)51,37-19-9-7-10-20-37)38-21-11-8-12-22-38/h7-36H,1-6H3. The second kappa shape index (κ2) is 11.9. The summed E-state index contributed by atoms with van der Waals surface area (Å²) in [6, 6.07) is 65.1. The third-order valence-electron chi connectivity index (χ3n) is 14.6. The van der Waals surface area contributed by atoms with Crippen LogP contribution in [0.3, 0.4) is 0 Å². The zero-order chi connectivity index (χ0) is 38.8. The number of anilines is 4. The van der Waals surface area contributed by atoms with Crippen molar-refractivity contribution in [3.05, 3.63) is 203 Å². The maximum Gasteiger partial charge on any atom is 0.0720 e. The monoisotopic (exact) mass is 736 g/mol. The number of rotatable bonds is 4. The molecule has 8 aromatic carbocycles. The van der Waals surface area contributed by atoms with Gasteiger partial charge in [0.2, 0.25) is 0 Å². The molecule has 0 saturated carbocycles. The van der Waals surface area contributed by atoms with E-state index in [1.165, 1.54) is 88.8 Å². The van der Waals surface area contributed by atoms with Crippen molar-refractivity contribution in [2.45, 2.75) is 69.9 Å². The third kappa shape index (κ3) is 4.42. The lowest BCUT2D eigenvalue weighted by atomic mass is 9.66. The Morgan fingerprint density at radius 2 is 0.877 bits per heavy atom. The van der Waals surface area contributed by atoms with Crippen molar-refractivity contribution >= 4 is 44.3 Å². The first kappa shape index (κ1) is 34.2. The van der Waals surface area contributed by atoms with E-state index < -0.39 is 5.41 Å². The normalized spacial score (nSPS) is 19.4. The molecular weight excluding hydrogens is 689 g/mol. The molecule has 2 unspecified atom stereocenters. The van der Waals surface area contributed by atoms with Gasteiger partial charge in [0.25, 0.3) is 0 Å². The first-order chi connectivity index (χ1) is 27.6. The van der Waals surface area contributed by atoms with Gasteiger partial charge in [-0.15, -0.1) is 0 Å². The molecule has 278 valence electrons. The van der Waals surface area contributed by atoms with Gasteiger partial charge in [-0.2, -0.15) is 0 Å². The summed E-state index contributed by atoms with van der Waals surface area (Å²) in [6.45, 7) is 14.3. The van der Waals surface area contributed by atoms with E-state index >= 15 is 0 Å². The average molecular weight is 737 g/mol. The van der Waals surface area contributed by atoms with E-state index in [0.717, 1.165) is 0 Å². The quantitative estimate of drug-likeness (QED) is 0.166. The number of hydrogen-bond donors (Lipinski definition) is 0. The minimum Gasteiger partial charge on any atom is -0.338 e. The molecule has 8 aromatic rings. The van der Waals surface area contributed by atoms with Crippen LogP contribution in [-0.2, 0) is 16.2 Å². The third-order valence-corrected chi connectivity index (χ3v) is 14.6. The van der Waals surface area contributed by atoms with Crippen LogP contribution in [0.2, 0.25) is 0 Å². The molecule has 11 rings (SSSR count). The Hall–Kier alpha value is -6.12. The Kier molecular flexibility index (Phi) is 7.16. The molecule has 0 amide bonds. The maximum atomic E-state index is 2.60. The van der Waals surface area contributed by atoms with E-state index in [1.54, 1.807) is 0 Å². The SMILES string of the molecule is CC1N(c2ccc3c(c2)C(c2ccccc2)(c2ccccc2)c2c-3c3ccccc3c3cc(N4c5ccccc5C(C)(C)C4C)ccc23)c2ccccc2C1(C)C. The van der Waals surface area contributed by atoms with Gasteiger partial charge in [0.05, 0.1) is 5.41 Å². The van der Waals surface area contributed by atoms with E-state index in [2.05, 4.69) is 221 Å². The number of fused-ring (bicyclic) bond motifs is 10. The smallest absolute Gasteiger partial charge is 0.0720 e. The summed E-state index contributed by atoms with van der Waals surface area (Å²) in [6.07, 6.45) is 0. The zero-order valence-corrected chi connectivity index (χ0v) is 33.7. The van der Waals surface area contributed by atoms with Crippen LogP contribution in [0.15, 0.2) is 170 Å². The molecule has 1 aliphatic carbocycles. The van der Waals surface area contributed by atoms with Gasteiger partial charge < -0.3 is 9.80 Å². The second-order valence-electron chi connectivity index (χ2n) is 17.8. The largest absolute Gasteiger partial charge is 0.338 e. The van der Waals surface area contributed by atoms with Gasteiger partial charge in [0, 0.05) is 45.7 Å². The van der Waals surface area contributed by atoms with Crippen molar-refractivity contribution in [3.8, 4) is 11.1 Å². The van der Waals surface area contributed by atoms with Crippen LogP contribution in [0.1, 0.15) is 74.9 Å². The molecule has 2 heterocycles. The minimum atomic E-state index is -0.569. The molecule has 0 fully saturated rings. The minimum absolute atomic E-state index is 0.00119. The summed E-state index contributed by atoms with van der Waals surface area (Å²) in [4.78, 5) is 5.17. The fraction of sp³-hybridized carbons (Fsp3) is 0.200. The second-order valence-corrected chi connectivity index (χ2v) is 17.8. The maximum absolute atomic E-state index is 2.60. The van der Waals surface area contributed by atoms with Crippen LogP contribution in [0.5, 0.6) is 0 Å². The lowest BCUT2D eigenvalue weighted by Gasteiger charge is -2.36. The summed E-state index contributed by atoms with van der Waals surface area (Å²) >= 11 is 0. The molecule has 2 heteroatoms. The van der Waals surface area contributed by atoms with Gasteiger partial charge in [-0.25, -0.2) is 0 Å². The first-order valence-corrected chi connectivity index (χ1v) is 20.7. The van der Waals surface area contributed by atoms with Crippen LogP contribution in [0.25, 0.3) is 32.7 Å². The molecule has 2 atom stereocenters. The highest BCUT2D eigenvalue weighted by atomic mass is 15.2. The van der Waals surface area contributed by atoms with E-state index in [-0.39, 0.29) is 16.9 Å². The van der Waals surface area contributed by atoms with Crippen molar-refractivity contribution in [2.75, 3.05) is 9.80 Å². The van der Waals surface area contributed by atoms with Crippen LogP contribution in [0, 0.1) is 0 Å². The van der Waals surface area contributed by atoms with Gasteiger partial charge in [-0.1, -0.05) is 161 Å². The van der Waals surface area contributed by atoms with Crippen LogP contribution in [-0.4, -0.2) is 12.1 Å². The van der Waals surface area contributed by atoms with E-state index in [1.807, 2.05) is 0 Å². The van der Waals surface area contributed by atoms with Crippen molar-refractivity contribution in [2.24, 2.45) is 0 Å². The van der Waals surface area contributed by atoms with E-state index in [0.29, 0.717) is 6.04 Å². The van der Waals surface area contributed by atoms with Gasteiger partial charge in [-0.3, -0.25) is 0 Å². The summed E-state index contributed by atoms with van der Waals surface area (Å²) in [7, 11) is 0.